The lowest BCUT2D eigenvalue weighted by Crippen LogP contribution is -2.44. The van der Waals surface area contributed by atoms with Crippen LogP contribution in [-0.2, 0) is 9.59 Å². The highest BCUT2D eigenvalue weighted by Crippen LogP contribution is 2.24. The van der Waals surface area contributed by atoms with Crippen molar-refractivity contribution in [3.05, 3.63) is 28.2 Å². The van der Waals surface area contributed by atoms with E-state index in [1.165, 1.54) is 0 Å². The Hall–Kier alpha value is -1.89. The predicted molar refractivity (Wildman–Crippen MR) is 86.4 cm³/mol. The van der Waals surface area contributed by atoms with Crippen LogP contribution < -0.4 is 10.6 Å². The van der Waals surface area contributed by atoms with E-state index < -0.39 is 17.5 Å². The van der Waals surface area contributed by atoms with Crippen LogP contribution in [0.5, 0.6) is 0 Å². The minimum Gasteiger partial charge on any atom is -0.323 e. The van der Waals surface area contributed by atoms with Gasteiger partial charge >= 0.3 is 6.03 Å². The number of nitrogens with zero attached hydrogens (tertiary/aromatic N) is 1. The molecule has 2 N–H and O–H groups in total. The summed E-state index contributed by atoms with van der Waals surface area (Å²) >= 11 is 3.37. The van der Waals surface area contributed by atoms with E-state index in [2.05, 4.69) is 26.6 Å². The van der Waals surface area contributed by atoms with Gasteiger partial charge in [0.1, 0.15) is 12.1 Å². The van der Waals surface area contributed by atoms with Gasteiger partial charge in [0.05, 0.1) is 5.69 Å². The number of halogens is 1. The molecule has 1 heterocycles. The fraction of sp³-hybridized carbons (Fsp3) is 0.400. The van der Waals surface area contributed by atoms with Crippen LogP contribution in [-0.4, -0.2) is 34.8 Å². The summed E-state index contributed by atoms with van der Waals surface area (Å²) in [4.78, 5) is 37.1. The zero-order valence-corrected chi connectivity index (χ0v) is 14.3. The predicted octanol–water partition coefficient (Wildman–Crippen LogP) is 2.42. The van der Waals surface area contributed by atoms with E-state index in [1.807, 2.05) is 26.0 Å². The smallest absolute Gasteiger partial charge is 0.323 e. The van der Waals surface area contributed by atoms with Crippen molar-refractivity contribution in [2.45, 2.75) is 32.7 Å². The van der Waals surface area contributed by atoms with E-state index in [9.17, 15) is 14.4 Å². The highest BCUT2D eigenvalue weighted by Gasteiger charge is 2.46. The molecule has 2 rings (SSSR count). The highest BCUT2D eigenvalue weighted by molar-refractivity contribution is 9.10. The number of aryl methyl sites for hydroxylation is 1. The molecular formula is C15H18BrN3O3. The van der Waals surface area contributed by atoms with Crippen LogP contribution >= 0.6 is 15.9 Å². The molecule has 22 heavy (non-hydrogen) atoms. The molecule has 0 aliphatic carbocycles. The van der Waals surface area contributed by atoms with Gasteiger partial charge in [0, 0.05) is 4.47 Å². The lowest BCUT2D eigenvalue weighted by molar-refractivity contribution is -0.133. The topological polar surface area (TPSA) is 78.5 Å². The first-order valence-electron chi connectivity index (χ1n) is 6.97. The Morgan fingerprint density at radius 2 is 2.09 bits per heavy atom. The first kappa shape index (κ1) is 16.5. The van der Waals surface area contributed by atoms with E-state index in [0.717, 1.165) is 14.9 Å². The molecule has 1 aromatic rings. The Balaban J connectivity index is 2.06. The lowest BCUT2D eigenvalue weighted by Gasteiger charge is -2.19. The Kier molecular flexibility index (Phi) is 4.55. The van der Waals surface area contributed by atoms with Gasteiger partial charge in [-0.05, 0) is 53.9 Å². The number of imide groups is 1. The number of rotatable bonds is 4. The molecule has 0 aromatic heterocycles. The lowest BCUT2D eigenvalue weighted by atomic mass is 9.99. The van der Waals surface area contributed by atoms with E-state index in [-0.39, 0.29) is 12.5 Å². The fourth-order valence-electron chi connectivity index (χ4n) is 2.19. The summed E-state index contributed by atoms with van der Waals surface area (Å²) in [5.41, 5.74) is 0.723. The van der Waals surface area contributed by atoms with Gasteiger partial charge in [-0.15, -0.1) is 0 Å². The quantitative estimate of drug-likeness (QED) is 0.802. The second-order valence-electron chi connectivity index (χ2n) is 5.54. The van der Waals surface area contributed by atoms with Crippen molar-refractivity contribution in [2.24, 2.45) is 0 Å². The average molecular weight is 368 g/mol. The van der Waals surface area contributed by atoms with Crippen LogP contribution in [0, 0.1) is 6.92 Å². The van der Waals surface area contributed by atoms with Gasteiger partial charge in [0.15, 0.2) is 0 Å². The van der Waals surface area contributed by atoms with Crippen molar-refractivity contribution in [2.75, 3.05) is 11.9 Å². The summed E-state index contributed by atoms with van der Waals surface area (Å²) < 4.78 is 0.747. The van der Waals surface area contributed by atoms with Crippen LogP contribution in [0.3, 0.4) is 0 Å². The van der Waals surface area contributed by atoms with Crippen LogP contribution in [0.4, 0.5) is 10.5 Å². The Bertz CT molecular complexity index is 647. The molecule has 0 unspecified atom stereocenters. The molecule has 7 heteroatoms. The Morgan fingerprint density at radius 1 is 1.41 bits per heavy atom. The molecule has 4 amide bonds. The van der Waals surface area contributed by atoms with Gasteiger partial charge in [-0.25, -0.2) is 4.79 Å². The summed E-state index contributed by atoms with van der Waals surface area (Å²) in [5.74, 6) is -0.800. The third kappa shape index (κ3) is 3.14. The second-order valence-corrected chi connectivity index (χ2v) is 6.39. The highest BCUT2D eigenvalue weighted by atomic mass is 79.9. The normalized spacial score (nSPS) is 21.0. The van der Waals surface area contributed by atoms with E-state index in [0.29, 0.717) is 12.1 Å². The van der Waals surface area contributed by atoms with Crippen molar-refractivity contribution in [1.82, 2.24) is 10.2 Å². The average Bonchev–Trinajstić information content (AvgIpc) is 2.66. The van der Waals surface area contributed by atoms with Crippen LogP contribution in [0.25, 0.3) is 0 Å². The summed E-state index contributed by atoms with van der Waals surface area (Å²) in [6, 6.07) is 4.96. The molecular weight excluding hydrogens is 350 g/mol. The molecule has 0 spiro atoms. The molecule has 0 bridgehead atoms. The number of carbonyl (C=O) groups is 3. The first-order chi connectivity index (χ1) is 10.3. The number of nitrogens with one attached hydrogen (secondary N) is 2. The first-order valence-corrected chi connectivity index (χ1v) is 7.76. The molecule has 1 saturated heterocycles. The molecule has 1 aliphatic rings. The molecule has 1 fully saturated rings. The summed E-state index contributed by atoms with van der Waals surface area (Å²) in [7, 11) is 0. The van der Waals surface area contributed by atoms with Gasteiger partial charge in [-0.3, -0.25) is 14.5 Å². The van der Waals surface area contributed by atoms with Crippen molar-refractivity contribution < 1.29 is 14.4 Å². The number of urea groups is 1. The van der Waals surface area contributed by atoms with E-state index >= 15 is 0 Å². The van der Waals surface area contributed by atoms with Gasteiger partial charge < -0.3 is 10.6 Å². The molecule has 0 saturated carbocycles. The molecule has 1 aliphatic heterocycles. The standard InChI is InChI=1S/C15H18BrN3O3/c1-4-15(3)13(21)19(14(22)18-15)8-12(20)17-11-6-5-9(2)7-10(11)16/h5-7H,4,8H2,1-3H3,(H,17,20)(H,18,22)/t15-/m0/s1. The second kappa shape index (κ2) is 6.08. The van der Waals surface area contributed by atoms with Gasteiger partial charge in [-0.2, -0.15) is 0 Å². The summed E-state index contributed by atoms with van der Waals surface area (Å²) in [5, 5.41) is 5.31. The number of anilines is 1. The maximum atomic E-state index is 12.2. The Labute approximate surface area is 137 Å². The zero-order chi connectivity index (χ0) is 16.5. The maximum Gasteiger partial charge on any atom is 0.325 e. The minimum absolute atomic E-state index is 0.305. The largest absolute Gasteiger partial charge is 0.325 e. The summed E-state index contributed by atoms with van der Waals surface area (Å²) in [6.07, 6.45) is 0.471. The van der Waals surface area contributed by atoms with Gasteiger partial charge in [-0.1, -0.05) is 13.0 Å². The SMILES string of the molecule is CC[C@]1(C)NC(=O)N(CC(=O)Nc2ccc(C)cc2Br)C1=O. The van der Waals surface area contributed by atoms with E-state index in [4.69, 9.17) is 0 Å². The van der Waals surface area contributed by atoms with E-state index in [1.54, 1.807) is 13.0 Å². The van der Waals surface area contributed by atoms with Crippen LogP contribution in [0.15, 0.2) is 22.7 Å². The van der Waals surface area contributed by atoms with Gasteiger partial charge in [0.2, 0.25) is 5.91 Å². The van der Waals surface area contributed by atoms with Crippen molar-refractivity contribution in [1.29, 1.82) is 0 Å². The van der Waals surface area contributed by atoms with Crippen LogP contribution in [0.2, 0.25) is 0 Å². The van der Waals surface area contributed by atoms with Crippen molar-refractivity contribution >= 4 is 39.5 Å². The minimum atomic E-state index is -0.929. The maximum absolute atomic E-state index is 12.2. The summed E-state index contributed by atoms with van der Waals surface area (Å²) in [6.45, 7) is 5.10. The number of carbonyl (C=O) groups excluding carboxylic acids is 3. The van der Waals surface area contributed by atoms with Crippen molar-refractivity contribution in [3.63, 3.8) is 0 Å². The number of hydrogen-bond acceptors (Lipinski definition) is 3. The molecule has 118 valence electrons. The van der Waals surface area contributed by atoms with Gasteiger partial charge in [0.25, 0.3) is 5.91 Å². The Morgan fingerprint density at radius 3 is 2.64 bits per heavy atom. The molecule has 1 atom stereocenters. The third-order valence-corrected chi connectivity index (χ3v) is 4.41. The van der Waals surface area contributed by atoms with Crippen molar-refractivity contribution in [3.8, 4) is 0 Å². The molecule has 6 nitrogen and oxygen atoms in total. The molecule has 0 radical (unpaired) electrons. The monoisotopic (exact) mass is 367 g/mol. The zero-order valence-electron chi connectivity index (χ0n) is 12.7. The number of amides is 4. The molecule has 1 aromatic carbocycles. The fourth-order valence-corrected chi connectivity index (χ4v) is 2.78. The van der Waals surface area contributed by atoms with Crippen LogP contribution in [0.1, 0.15) is 25.8 Å². The number of benzene rings is 1. The third-order valence-electron chi connectivity index (χ3n) is 3.75. The number of hydrogen-bond donors (Lipinski definition) is 2.